The fourth-order valence-corrected chi connectivity index (χ4v) is 2.93. The molecule has 2 aromatic rings. The fraction of sp³-hybridized carbons (Fsp3) is 0.273. The molecule has 0 spiro atoms. The van der Waals surface area contributed by atoms with Gasteiger partial charge >= 0.3 is 0 Å². The predicted molar refractivity (Wildman–Crippen MR) is 107 cm³/mol. The molecule has 1 unspecified atom stereocenters. The molecule has 0 aliphatic carbocycles. The van der Waals surface area contributed by atoms with Crippen LogP contribution in [0.1, 0.15) is 18.1 Å². The minimum atomic E-state index is -0.630. The third-order valence-electron chi connectivity index (χ3n) is 4.36. The van der Waals surface area contributed by atoms with Crippen LogP contribution in [-0.2, 0) is 16.1 Å². The lowest BCUT2D eigenvalue weighted by Crippen LogP contribution is -2.44. The summed E-state index contributed by atoms with van der Waals surface area (Å²) in [6, 6.07) is 14.5. The van der Waals surface area contributed by atoms with Crippen molar-refractivity contribution in [3.05, 3.63) is 65.7 Å². The van der Waals surface area contributed by atoms with E-state index in [2.05, 4.69) is 5.32 Å². The van der Waals surface area contributed by atoms with E-state index in [9.17, 15) is 9.59 Å². The molecule has 1 atom stereocenters. The van der Waals surface area contributed by atoms with Crippen LogP contribution in [-0.4, -0.2) is 43.0 Å². The van der Waals surface area contributed by atoms with Gasteiger partial charge in [-0.2, -0.15) is 0 Å². The number of carbonyl (C=O) groups is 2. The molecule has 1 aliphatic rings. The standard InChI is InChI=1S/C22H24N2O4/c1-16(23-21(25)11-9-17-6-4-3-5-7-17)22(26)24(2)15-18-8-10-19-20(14-18)28-13-12-27-19/h3-11,14,16H,12-13,15H2,1-2H3,(H,23,25)/b11-9+. The number of likely N-dealkylation sites (N-methyl/N-ethyl adjacent to an activating group) is 1. The first-order valence-corrected chi connectivity index (χ1v) is 9.20. The van der Waals surface area contributed by atoms with Crippen LogP contribution in [0.2, 0.25) is 0 Å². The summed E-state index contributed by atoms with van der Waals surface area (Å²) in [5, 5.41) is 2.70. The van der Waals surface area contributed by atoms with Crippen LogP contribution in [0.4, 0.5) is 0 Å². The molecule has 146 valence electrons. The number of hydrogen-bond acceptors (Lipinski definition) is 4. The van der Waals surface area contributed by atoms with E-state index in [1.54, 1.807) is 24.9 Å². The summed E-state index contributed by atoms with van der Waals surface area (Å²) in [6.45, 7) is 3.15. The highest BCUT2D eigenvalue weighted by Crippen LogP contribution is 2.31. The molecule has 0 fully saturated rings. The van der Waals surface area contributed by atoms with Crippen molar-refractivity contribution in [2.75, 3.05) is 20.3 Å². The van der Waals surface area contributed by atoms with E-state index in [1.165, 1.54) is 6.08 Å². The number of rotatable bonds is 6. The van der Waals surface area contributed by atoms with Crippen LogP contribution in [0, 0.1) is 0 Å². The van der Waals surface area contributed by atoms with Crippen molar-refractivity contribution < 1.29 is 19.1 Å². The highest BCUT2D eigenvalue weighted by atomic mass is 16.6. The smallest absolute Gasteiger partial charge is 0.244 e. The SMILES string of the molecule is CC(NC(=O)/C=C/c1ccccc1)C(=O)N(C)Cc1ccc2c(c1)OCCO2. The molecule has 0 aromatic heterocycles. The van der Waals surface area contributed by atoms with Crippen LogP contribution < -0.4 is 14.8 Å². The van der Waals surface area contributed by atoms with Crippen molar-refractivity contribution in [1.82, 2.24) is 10.2 Å². The van der Waals surface area contributed by atoms with Crippen molar-refractivity contribution in [1.29, 1.82) is 0 Å². The fourth-order valence-electron chi connectivity index (χ4n) is 2.93. The quantitative estimate of drug-likeness (QED) is 0.783. The number of carbonyl (C=O) groups excluding carboxylic acids is 2. The Morgan fingerprint density at radius 2 is 1.82 bits per heavy atom. The maximum absolute atomic E-state index is 12.6. The Kier molecular flexibility index (Phi) is 6.32. The normalized spacial score (nSPS) is 13.8. The molecule has 3 rings (SSSR count). The molecule has 0 radical (unpaired) electrons. The van der Waals surface area contributed by atoms with E-state index in [0.29, 0.717) is 25.5 Å². The highest BCUT2D eigenvalue weighted by molar-refractivity contribution is 5.95. The molecular formula is C22H24N2O4. The van der Waals surface area contributed by atoms with E-state index in [0.717, 1.165) is 16.9 Å². The first-order chi connectivity index (χ1) is 13.5. The van der Waals surface area contributed by atoms with Crippen molar-refractivity contribution in [3.63, 3.8) is 0 Å². The van der Waals surface area contributed by atoms with Crippen LogP contribution in [0.25, 0.3) is 6.08 Å². The third kappa shape index (κ3) is 5.13. The Labute approximate surface area is 164 Å². The van der Waals surface area contributed by atoms with Gasteiger partial charge in [0.15, 0.2) is 11.5 Å². The summed E-state index contributed by atoms with van der Waals surface area (Å²) >= 11 is 0. The largest absolute Gasteiger partial charge is 0.486 e. The van der Waals surface area contributed by atoms with E-state index < -0.39 is 6.04 Å². The van der Waals surface area contributed by atoms with Crippen molar-refractivity contribution in [2.24, 2.45) is 0 Å². The average molecular weight is 380 g/mol. The number of benzene rings is 2. The average Bonchev–Trinajstić information content (AvgIpc) is 2.72. The molecule has 2 aromatic carbocycles. The Morgan fingerprint density at radius 1 is 1.11 bits per heavy atom. The third-order valence-corrected chi connectivity index (χ3v) is 4.36. The molecule has 1 heterocycles. The minimum Gasteiger partial charge on any atom is -0.486 e. The van der Waals surface area contributed by atoms with Gasteiger partial charge in [-0.25, -0.2) is 0 Å². The molecule has 28 heavy (non-hydrogen) atoms. The summed E-state index contributed by atoms with van der Waals surface area (Å²) in [4.78, 5) is 26.2. The minimum absolute atomic E-state index is 0.170. The van der Waals surface area contributed by atoms with Crippen molar-refractivity contribution in [2.45, 2.75) is 19.5 Å². The van der Waals surface area contributed by atoms with Gasteiger partial charge in [-0.3, -0.25) is 9.59 Å². The van der Waals surface area contributed by atoms with Gasteiger partial charge in [-0.1, -0.05) is 36.4 Å². The Hall–Kier alpha value is -3.28. The number of amides is 2. The first-order valence-electron chi connectivity index (χ1n) is 9.20. The van der Waals surface area contributed by atoms with Crippen LogP contribution in [0.15, 0.2) is 54.6 Å². The van der Waals surface area contributed by atoms with Gasteiger partial charge in [-0.15, -0.1) is 0 Å². The van der Waals surface area contributed by atoms with Crippen LogP contribution in [0.5, 0.6) is 11.5 Å². The zero-order valence-electron chi connectivity index (χ0n) is 16.1. The lowest BCUT2D eigenvalue weighted by atomic mass is 10.1. The molecule has 6 heteroatoms. The van der Waals surface area contributed by atoms with Crippen LogP contribution >= 0.6 is 0 Å². The van der Waals surface area contributed by atoms with Crippen molar-refractivity contribution >= 4 is 17.9 Å². The predicted octanol–water partition coefficient (Wildman–Crippen LogP) is 2.63. The molecule has 2 amide bonds. The van der Waals surface area contributed by atoms with E-state index in [4.69, 9.17) is 9.47 Å². The second kappa shape index (κ2) is 9.08. The molecular weight excluding hydrogens is 356 g/mol. The zero-order valence-corrected chi connectivity index (χ0v) is 16.1. The lowest BCUT2D eigenvalue weighted by Gasteiger charge is -2.23. The monoisotopic (exact) mass is 380 g/mol. The number of hydrogen-bond donors (Lipinski definition) is 1. The van der Waals surface area contributed by atoms with Gasteiger partial charge in [-0.05, 0) is 36.3 Å². The first kappa shape index (κ1) is 19.5. The summed E-state index contributed by atoms with van der Waals surface area (Å²) in [5.74, 6) is 0.931. The van der Waals surface area contributed by atoms with Crippen molar-refractivity contribution in [3.8, 4) is 11.5 Å². The Balaban J connectivity index is 1.53. The van der Waals surface area contributed by atoms with Gasteiger partial charge < -0.3 is 19.7 Å². The second-order valence-electron chi connectivity index (χ2n) is 6.65. The summed E-state index contributed by atoms with van der Waals surface area (Å²) in [5.41, 5.74) is 1.86. The lowest BCUT2D eigenvalue weighted by molar-refractivity contribution is -0.134. The van der Waals surface area contributed by atoms with Gasteiger partial charge in [0.1, 0.15) is 19.3 Å². The van der Waals surface area contributed by atoms with Gasteiger partial charge in [0, 0.05) is 19.7 Å². The molecule has 0 saturated carbocycles. The summed E-state index contributed by atoms with van der Waals surface area (Å²) in [6.07, 6.45) is 3.14. The molecule has 0 saturated heterocycles. The van der Waals surface area contributed by atoms with Gasteiger partial charge in [0.05, 0.1) is 0 Å². The van der Waals surface area contributed by atoms with E-state index in [-0.39, 0.29) is 11.8 Å². The maximum atomic E-state index is 12.6. The molecule has 1 N–H and O–H groups in total. The van der Waals surface area contributed by atoms with Gasteiger partial charge in [0.25, 0.3) is 0 Å². The van der Waals surface area contributed by atoms with E-state index in [1.807, 2.05) is 48.5 Å². The number of ether oxygens (including phenoxy) is 2. The Bertz CT molecular complexity index is 864. The van der Waals surface area contributed by atoms with Crippen LogP contribution in [0.3, 0.4) is 0 Å². The number of nitrogens with one attached hydrogen (secondary N) is 1. The molecule has 0 bridgehead atoms. The topological polar surface area (TPSA) is 67.9 Å². The van der Waals surface area contributed by atoms with E-state index >= 15 is 0 Å². The number of fused-ring (bicyclic) bond motifs is 1. The van der Waals surface area contributed by atoms with Gasteiger partial charge in [0.2, 0.25) is 11.8 Å². The summed E-state index contributed by atoms with van der Waals surface area (Å²) < 4.78 is 11.1. The number of nitrogens with zero attached hydrogens (tertiary/aromatic N) is 1. The maximum Gasteiger partial charge on any atom is 0.244 e. The second-order valence-corrected chi connectivity index (χ2v) is 6.65. The Morgan fingerprint density at radius 3 is 2.57 bits per heavy atom. The highest BCUT2D eigenvalue weighted by Gasteiger charge is 2.20. The molecule has 1 aliphatic heterocycles. The molecule has 6 nitrogen and oxygen atoms in total. The zero-order chi connectivity index (χ0) is 19.9. The summed E-state index contributed by atoms with van der Waals surface area (Å²) in [7, 11) is 1.71.